The molecule has 0 atom stereocenters. The number of sulfonamides is 1. The number of hydrogen-bond donors (Lipinski definition) is 1. The number of amides is 1. The molecule has 11 heteroatoms. The van der Waals surface area contributed by atoms with E-state index < -0.39 is 27.7 Å². The zero-order valence-electron chi connectivity index (χ0n) is 21.1. The van der Waals surface area contributed by atoms with Crippen molar-refractivity contribution in [3.05, 3.63) is 130 Å². The maximum atomic E-state index is 13.9. The first-order chi connectivity index (χ1) is 19.0. The monoisotopic (exact) mass is 585 g/mol. The van der Waals surface area contributed by atoms with Crippen LogP contribution >= 0.6 is 11.6 Å². The maximum Gasteiger partial charge on any atom is 0.417 e. The van der Waals surface area contributed by atoms with Crippen LogP contribution in [0.5, 0.6) is 0 Å². The summed E-state index contributed by atoms with van der Waals surface area (Å²) >= 11 is 6.00. The molecule has 1 N–H and O–H groups in total. The van der Waals surface area contributed by atoms with E-state index >= 15 is 0 Å². The highest BCUT2D eigenvalue weighted by atomic mass is 35.5. The molecular formula is C29H23ClF3N3O3S. The van der Waals surface area contributed by atoms with Crippen LogP contribution in [-0.2, 0) is 22.7 Å². The number of carbonyl (C=O) groups excluding carboxylic acids is 1. The van der Waals surface area contributed by atoms with Crippen molar-refractivity contribution in [2.24, 2.45) is 5.10 Å². The van der Waals surface area contributed by atoms with Crippen LogP contribution in [0.2, 0.25) is 5.02 Å². The van der Waals surface area contributed by atoms with Crippen LogP contribution in [0.25, 0.3) is 0 Å². The van der Waals surface area contributed by atoms with E-state index in [0.29, 0.717) is 10.6 Å². The third-order valence-corrected chi connectivity index (χ3v) is 7.93. The number of aryl methyl sites for hydroxylation is 1. The van der Waals surface area contributed by atoms with Gasteiger partial charge in [0.15, 0.2) is 0 Å². The number of rotatable bonds is 8. The number of halogens is 4. The Morgan fingerprint density at radius 2 is 1.55 bits per heavy atom. The predicted octanol–water partition coefficient (Wildman–Crippen LogP) is 6.83. The number of anilines is 1. The molecule has 6 nitrogen and oxygen atoms in total. The van der Waals surface area contributed by atoms with Crippen molar-refractivity contribution in [3.8, 4) is 0 Å². The highest BCUT2D eigenvalue weighted by molar-refractivity contribution is 7.92. The number of alkyl halides is 3. The van der Waals surface area contributed by atoms with Gasteiger partial charge in [0.2, 0.25) is 0 Å². The van der Waals surface area contributed by atoms with Gasteiger partial charge in [0.1, 0.15) is 0 Å². The average Bonchev–Trinajstić information content (AvgIpc) is 2.92. The quantitative estimate of drug-likeness (QED) is 0.182. The molecule has 0 aliphatic rings. The van der Waals surface area contributed by atoms with E-state index in [0.717, 1.165) is 22.1 Å². The van der Waals surface area contributed by atoms with E-state index in [1.807, 2.05) is 6.92 Å². The van der Waals surface area contributed by atoms with Crippen LogP contribution in [0.3, 0.4) is 0 Å². The van der Waals surface area contributed by atoms with Crippen molar-refractivity contribution in [3.63, 3.8) is 0 Å². The zero-order chi connectivity index (χ0) is 28.9. The first-order valence-electron chi connectivity index (χ1n) is 11.9. The molecule has 0 saturated carbocycles. The molecule has 0 fully saturated rings. The second-order valence-corrected chi connectivity index (χ2v) is 11.1. The third kappa shape index (κ3) is 6.70. The molecule has 4 aromatic carbocycles. The predicted molar refractivity (Wildman–Crippen MR) is 149 cm³/mol. The normalized spacial score (nSPS) is 11.9. The van der Waals surface area contributed by atoms with E-state index in [-0.39, 0.29) is 28.3 Å². The molecule has 0 radical (unpaired) electrons. The highest BCUT2D eigenvalue weighted by Gasteiger charge is 2.32. The molecule has 0 bridgehead atoms. The number of hydrogen-bond acceptors (Lipinski definition) is 4. The van der Waals surface area contributed by atoms with Gasteiger partial charge in [0.05, 0.1) is 34.5 Å². The van der Waals surface area contributed by atoms with Gasteiger partial charge in [0.25, 0.3) is 15.9 Å². The highest BCUT2D eigenvalue weighted by Crippen LogP contribution is 2.32. The van der Waals surface area contributed by atoms with Gasteiger partial charge in [-0.3, -0.25) is 9.10 Å². The van der Waals surface area contributed by atoms with E-state index in [4.69, 9.17) is 11.6 Å². The largest absolute Gasteiger partial charge is 0.417 e. The average molecular weight is 586 g/mol. The Labute approximate surface area is 234 Å². The second-order valence-electron chi connectivity index (χ2n) is 8.75. The van der Waals surface area contributed by atoms with Crippen molar-refractivity contribution in [1.29, 1.82) is 0 Å². The molecule has 1 amide bonds. The number of hydrazone groups is 1. The standard InChI is InChI=1S/C29H23ClF3N3O3S/c1-20-10-16-24(17-11-20)40(38,39)36(19-21-12-14-23(30)15-13-21)27-9-5-3-7-25(27)28(37)35-34-18-22-6-2-4-8-26(22)29(31,32)33/h2-18H,19H2,1H3,(H,35,37)/b34-18-. The second kappa shape index (κ2) is 11.9. The van der Waals surface area contributed by atoms with Gasteiger partial charge in [-0.05, 0) is 55.0 Å². The fourth-order valence-corrected chi connectivity index (χ4v) is 5.46. The summed E-state index contributed by atoms with van der Waals surface area (Å²) in [7, 11) is -4.16. The molecular weight excluding hydrogens is 563 g/mol. The fourth-order valence-electron chi connectivity index (χ4n) is 3.86. The molecule has 0 aliphatic carbocycles. The first-order valence-corrected chi connectivity index (χ1v) is 13.7. The van der Waals surface area contributed by atoms with Crippen LogP contribution < -0.4 is 9.73 Å². The Balaban J connectivity index is 1.71. The SMILES string of the molecule is Cc1ccc(S(=O)(=O)N(Cc2ccc(Cl)cc2)c2ccccc2C(=O)N/N=C\c2ccccc2C(F)(F)F)cc1. The fraction of sp³-hybridized carbons (Fsp3) is 0.103. The van der Waals surface area contributed by atoms with Crippen molar-refractivity contribution >= 4 is 39.4 Å². The zero-order valence-corrected chi connectivity index (χ0v) is 22.6. The molecule has 0 aliphatic heterocycles. The molecule has 0 heterocycles. The molecule has 4 rings (SSSR count). The van der Waals surface area contributed by atoms with Crippen molar-refractivity contribution in [1.82, 2.24) is 5.43 Å². The summed E-state index contributed by atoms with van der Waals surface area (Å²) < 4.78 is 68.7. The number of nitrogens with zero attached hydrogens (tertiary/aromatic N) is 2. The molecule has 0 unspecified atom stereocenters. The Hall–Kier alpha value is -4.15. The van der Waals surface area contributed by atoms with Crippen molar-refractivity contribution < 1.29 is 26.4 Å². The minimum Gasteiger partial charge on any atom is -0.267 e. The summed E-state index contributed by atoms with van der Waals surface area (Å²) in [6.45, 7) is 1.70. The van der Waals surface area contributed by atoms with E-state index in [1.54, 1.807) is 48.5 Å². The van der Waals surface area contributed by atoms with Gasteiger partial charge >= 0.3 is 6.18 Å². The van der Waals surface area contributed by atoms with Gasteiger partial charge in [0, 0.05) is 10.6 Å². The number of para-hydroxylation sites is 1. The summed E-state index contributed by atoms with van der Waals surface area (Å²) in [4.78, 5) is 13.2. The lowest BCUT2D eigenvalue weighted by molar-refractivity contribution is -0.137. The molecule has 206 valence electrons. The minimum atomic E-state index is -4.61. The smallest absolute Gasteiger partial charge is 0.267 e. The Morgan fingerprint density at radius 1 is 0.925 bits per heavy atom. The topological polar surface area (TPSA) is 78.8 Å². The summed E-state index contributed by atoms with van der Waals surface area (Å²) in [5, 5.41) is 4.18. The van der Waals surface area contributed by atoms with Crippen LogP contribution in [0.15, 0.2) is 107 Å². The van der Waals surface area contributed by atoms with E-state index in [1.165, 1.54) is 42.5 Å². The van der Waals surface area contributed by atoms with Gasteiger partial charge in [-0.1, -0.05) is 71.8 Å². The van der Waals surface area contributed by atoms with Crippen molar-refractivity contribution in [2.75, 3.05) is 4.31 Å². The molecule has 0 saturated heterocycles. The molecule has 0 spiro atoms. The third-order valence-electron chi connectivity index (χ3n) is 5.90. The van der Waals surface area contributed by atoms with Gasteiger partial charge in [-0.15, -0.1) is 0 Å². The first kappa shape index (κ1) is 28.8. The summed E-state index contributed by atoms with van der Waals surface area (Å²) in [5.41, 5.74) is 2.55. The van der Waals surface area contributed by atoms with Crippen LogP contribution in [0.4, 0.5) is 18.9 Å². The lowest BCUT2D eigenvalue weighted by Crippen LogP contribution is -2.33. The maximum absolute atomic E-state index is 13.9. The Kier molecular flexibility index (Phi) is 8.61. The minimum absolute atomic E-state index is 0.0176. The van der Waals surface area contributed by atoms with Crippen LogP contribution in [0, 0.1) is 6.92 Å². The van der Waals surface area contributed by atoms with E-state index in [2.05, 4.69) is 10.5 Å². The van der Waals surface area contributed by atoms with Crippen molar-refractivity contribution in [2.45, 2.75) is 24.5 Å². The molecule has 4 aromatic rings. The number of carbonyl (C=O) groups is 1. The van der Waals surface area contributed by atoms with E-state index in [9.17, 15) is 26.4 Å². The lowest BCUT2D eigenvalue weighted by atomic mass is 10.1. The summed E-state index contributed by atoms with van der Waals surface area (Å²) in [6, 6.07) is 23.7. The van der Waals surface area contributed by atoms with Crippen LogP contribution in [0.1, 0.15) is 32.6 Å². The summed E-state index contributed by atoms with van der Waals surface area (Å²) in [5.74, 6) is -0.809. The number of benzene rings is 4. The van der Waals surface area contributed by atoms with Gasteiger partial charge in [-0.25, -0.2) is 13.8 Å². The lowest BCUT2D eigenvalue weighted by Gasteiger charge is -2.26. The Bertz CT molecular complexity index is 1640. The summed E-state index contributed by atoms with van der Waals surface area (Å²) in [6.07, 6.45) is -3.72. The molecule has 0 aromatic heterocycles. The van der Waals surface area contributed by atoms with Gasteiger partial charge in [-0.2, -0.15) is 18.3 Å². The Morgan fingerprint density at radius 3 is 2.23 bits per heavy atom. The van der Waals surface area contributed by atoms with Crippen LogP contribution in [-0.4, -0.2) is 20.5 Å². The van der Waals surface area contributed by atoms with Gasteiger partial charge < -0.3 is 0 Å². The number of nitrogens with one attached hydrogen (secondary N) is 1. The molecule has 40 heavy (non-hydrogen) atoms.